The van der Waals surface area contributed by atoms with E-state index in [1.165, 1.54) is 0 Å². The Bertz CT molecular complexity index is 571. The van der Waals surface area contributed by atoms with Crippen molar-refractivity contribution >= 4 is 23.0 Å². The number of carbonyl (C=O) groups is 1. The van der Waals surface area contributed by atoms with E-state index in [1.54, 1.807) is 12.3 Å². The van der Waals surface area contributed by atoms with Gasteiger partial charge in [0.05, 0.1) is 12.0 Å². The van der Waals surface area contributed by atoms with Crippen LogP contribution in [0.1, 0.15) is 5.56 Å². The summed E-state index contributed by atoms with van der Waals surface area (Å²) in [5.41, 5.74) is 1.62. The number of nitrogens with one attached hydrogen (secondary N) is 1. The summed E-state index contributed by atoms with van der Waals surface area (Å²) in [7, 11) is 0. The van der Waals surface area contributed by atoms with E-state index in [9.17, 15) is 4.79 Å². The van der Waals surface area contributed by atoms with E-state index in [4.69, 9.17) is 11.6 Å². The molecule has 1 heterocycles. The van der Waals surface area contributed by atoms with Crippen molar-refractivity contribution in [1.82, 2.24) is 5.32 Å². The molecule has 0 bridgehead atoms. The molecule has 2 nitrogen and oxygen atoms in total. The summed E-state index contributed by atoms with van der Waals surface area (Å²) in [6, 6.07) is 9.62. The van der Waals surface area contributed by atoms with Gasteiger partial charge in [0.25, 0.3) is 0 Å². The van der Waals surface area contributed by atoms with Crippen molar-refractivity contribution in [2.24, 2.45) is 5.92 Å². The van der Waals surface area contributed by atoms with Crippen molar-refractivity contribution in [3.05, 3.63) is 65.4 Å². The van der Waals surface area contributed by atoms with Crippen molar-refractivity contribution in [3.63, 3.8) is 0 Å². The van der Waals surface area contributed by atoms with Crippen LogP contribution in [0.2, 0.25) is 0 Å². The summed E-state index contributed by atoms with van der Waals surface area (Å²) in [6.07, 6.45) is 7.42. The molecule has 0 spiro atoms. The number of rotatable bonds is 1. The number of allylic oxidation sites excluding steroid dienone is 3. The van der Waals surface area contributed by atoms with E-state index in [1.807, 2.05) is 42.5 Å². The van der Waals surface area contributed by atoms with Gasteiger partial charge in [0.2, 0.25) is 0 Å². The second-order valence-electron chi connectivity index (χ2n) is 4.39. The van der Waals surface area contributed by atoms with Gasteiger partial charge in [-0.05, 0) is 11.6 Å². The number of fused-ring (bicyclic) bond motifs is 1. The molecule has 0 aromatic heterocycles. The summed E-state index contributed by atoms with van der Waals surface area (Å²) in [6.45, 7) is 0. The van der Waals surface area contributed by atoms with E-state index in [-0.39, 0.29) is 17.7 Å². The number of Topliss-reactive ketones (excluding diaryl/α,β-unsaturated/α-hetero) is 1. The number of carbonyl (C=O) groups excluding carboxylic acids is 1. The topological polar surface area (TPSA) is 29.1 Å². The molecule has 0 amide bonds. The molecule has 18 heavy (non-hydrogen) atoms. The lowest BCUT2D eigenvalue weighted by Crippen LogP contribution is -2.42. The molecule has 2 aliphatic rings. The van der Waals surface area contributed by atoms with E-state index >= 15 is 0 Å². The molecule has 1 aromatic carbocycles. The smallest absolute Gasteiger partial charge is 0.175 e. The van der Waals surface area contributed by atoms with E-state index < -0.39 is 0 Å². The standard InChI is InChI=1S/C15H12ClNO/c16-12-7-4-8-13-14(12)15(18)11(9-17-13)10-5-2-1-3-6-10/h1-9,13-14,17H. The van der Waals surface area contributed by atoms with Crippen LogP contribution in [0.4, 0.5) is 0 Å². The number of hydrogen-bond donors (Lipinski definition) is 1. The van der Waals surface area contributed by atoms with Gasteiger partial charge in [0.1, 0.15) is 0 Å². The van der Waals surface area contributed by atoms with E-state index in [0.717, 1.165) is 5.56 Å². The molecule has 1 aliphatic carbocycles. The van der Waals surface area contributed by atoms with Gasteiger partial charge in [0.15, 0.2) is 5.78 Å². The molecule has 2 atom stereocenters. The maximum absolute atomic E-state index is 12.5. The fourth-order valence-corrected chi connectivity index (χ4v) is 2.66. The minimum atomic E-state index is -0.295. The Hall–Kier alpha value is -1.80. The highest BCUT2D eigenvalue weighted by Crippen LogP contribution is 2.33. The Balaban J connectivity index is 2.00. The monoisotopic (exact) mass is 257 g/mol. The van der Waals surface area contributed by atoms with Gasteiger partial charge >= 0.3 is 0 Å². The van der Waals surface area contributed by atoms with Gasteiger partial charge in [-0.15, -0.1) is 0 Å². The van der Waals surface area contributed by atoms with Crippen LogP contribution >= 0.6 is 11.6 Å². The maximum Gasteiger partial charge on any atom is 0.175 e. The van der Waals surface area contributed by atoms with Crippen LogP contribution in [0.5, 0.6) is 0 Å². The summed E-state index contributed by atoms with van der Waals surface area (Å²) >= 11 is 6.16. The fraction of sp³-hybridized carbons (Fsp3) is 0.133. The van der Waals surface area contributed by atoms with E-state index in [0.29, 0.717) is 10.6 Å². The summed E-state index contributed by atoms with van der Waals surface area (Å²) < 4.78 is 0. The second kappa shape index (κ2) is 4.46. The Morgan fingerprint density at radius 3 is 2.72 bits per heavy atom. The Labute approximate surface area is 111 Å². The molecule has 2 unspecified atom stereocenters. The largest absolute Gasteiger partial charge is 0.383 e. The lowest BCUT2D eigenvalue weighted by Gasteiger charge is -2.31. The predicted octanol–water partition coefficient (Wildman–Crippen LogP) is 2.88. The molecular formula is C15H12ClNO. The molecule has 1 aromatic rings. The number of benzene rings is 1. The average molecular weight is 258 g/mol. The molecule has 0 saturated heterocycles. The van der Waals surface area contributed by atoms with Crippen molar-refractivity contribution in [2.75, 3.05) is 0 Å². The minimum Gasteiger partial charge on any atom is -0.383 e. The first kappa shape index (κ1) is 11.3. The van der Waals surface area contributed by atoms with Crippen LogP contribution in [-0.4, -0.2) is 11.8 Å². The summed E-state index contributed by atoms with van der Waals surface area (Å²) in [4.78, 5) is 12.5. The van der Waals surface area contributed by atoms with Gasteiger partial charge in [-0.2, -0.15) is 0 Å². The molecule has 1 N–H and O–H groups in total. The van der Waals surface area contributed by atoms with Gasteiger partial charge in [-0.1, -0.05) is 54.1 Å². The number of hydrogen-bond acceptors (Lipinski definition) is 2. The molecule has 0 saturated carbocycles. The van der Waals surface area contributed by atoms with Crippen LogP contribution in [-0.2, 0) is 4.79 Å². The first-order chi connectivity index (χ1) is 8.77. The van der Waals surface area contributed by atoms with Gasteiger partial charge < -0.3 is 5.32 Å². The molecule has 3 heteroatoms. The first-order valence-corrected chi connectivity index (χ1v) is 6.25. The van der Waals surface area contributed by atoms with Crippen LogP contribution < -0.4 is 5.32 Å². The fourth-order valence-electron chi connectivity index (χ4n) is 2.36. The SMILES string of the molecule is O=C1C(c2ccccc2)=CNC2C=CC=C(Cl)C12. The van der Waals surface area contributed by atoms with E-state index in [2.05, 4.69) is 5.32 Å². The number of halogens is 1. The summed E-state index contributed by atoms with van der Waals surface area (Å²) in [5.74, 6) is -0.215. The maximum atomic E-state index is 12.5. The Morgan fingerprint density at radius 2 is 1.94 bits per heavy atom. The molecule has 0 radical (unpaired) electrons. The molecule has 1 aliphatic heterocycles. The molecular weight excluding hydrogens is 246 g/mol. The lowest BCUT2D eigenvalue weighted by atomic mass is 9.83. The average Bonchev–Trinajstić information content (AvgIpc) is 2.40. The molecule has 3 rings (SSSR count). The van der Waals surface area contributed by atoms with Crippen LogP contribution in [0.25, 0.3) is 5.57 Å². The van der Waals surface area contributed by atoms with Crippen molar-refractivity contribution in [3.8, 4) is 0 Å². The first-order valence-electron chi connectivity index (χ1n) is 5.87. The normalized spacial score (nSPS) is 25.9. The quantitative estimate of drug-likeness (QED) is 0.838. The van der Waals surface area contributed by atoms with Gasteiger partial charge in [0, 0.05) is 16.8 Å². The van der Waals surface area contributed by atoms with Crippen LogP contribution in [0, 0.1) is 5.92 Å². The van der Waals surface area contributed by atoms with Gasteiger partial charge in [-0.3, -0.25) is 4.79 Å². The zero-order chi connectivity index (χ0) is 12.5. The minimum absolute atomic E-state index is 0.0255. The Kier molecular flexibility index (Phi) is 2.80. The third kappa shape index (κ3) is 1.79. The predicted molar refractivity (Wildman–Crippen MR) is 72.9 cm³/mol. The highest BCUT2D eigenvalue weighted by molar-refractivity contribution is 6.35. The number of ketones is 1. The molecule has 90 valence electrons. The lowest BCUT2D eigenvalue weighted by molar-refractivity contribution is -0.116. The third-order valence-corrected chi connectivity index (χ3v) is 3.64. The molecule has 0 fully saturated rings. The second-order valence-corrected chi connectivity index (χ2v) is 4.83. The van der Waals surface area contributed by atoms with Crippen molar-refractivity contribution < 1.29 is 4.79 Å². The van der Waals surface area contributed by atoms with Crippen LogP contribution in [0.15, 0.2) is 59.8 Å². The van der Waals surface area contributed by atoms with Crippen molar-refractivity contribution in [2.45, 2.75) is 6.04 Å². The highest BCUT2D eigenvalue weighted by Gasteiger charge is 2.35. The summed E-state index contributed by atoms with van der Waals surface area (Å²) in [5, 5.41) is 3.83. The zero-order valence-electron chi connectivity index (χ0n) is 9.64. The zero-order valence-corrected chi connectivity index (χ0v) is 10.4. The van der Waals surface area contributed by atoms with Gasteiger partial charge in [-0.25, -0.2) is 0 Å². The van der Waals surface area contributed by atoms with Crippen molar-refractivity contribution in [1.29, 1.82) is 0 Å². The third-order valence-electron chi connectivity index (χ3n) is 3.28. The van der Waals surface area contributed by atoms with Crippen LogP contribution in [0.3, 0.4) is 0 Å². The Morgan fingerprint density at radius 1 is 1.17 bits per heavy atom. The highest BCUT2D eigenvalue weighted by atomic mass is 35.5.